The molecule has 1 unspecified atom stereocenters. The van der Waals surface area contributed by atoms with E-state index in [-0.39, 0.29) is 0 Å². The van der Waals surface area contributed by atoms with Crippen LogP contribution in [0.1, 0.15) is 57.8 Å². The largest absolute Gasteiger partial charge is 0.0895 e. The van der Waals surface area contributed by atoms with E-state index in [9.17, 15) is 0 Å². The maximum Gasteiger partial charge on any atom is 0.0544 e. The minimum absolute atomic E-state index is 0.336. The van der Waals surface area contributed by atoms with Gasteiger partial charge < -0.3 is 0 Å². The Bertz CT molecular complexity index is 647. The lowest BCUT2D eigenvalue weighted by Crippen LogP contribution is -2.38. The van der Waals surface area contributed by atoms with E-state index in [1.165, 1.54) is 64.8 Å². The number of allylic oxidation sites excluding steroid dienone is 6. The highest BCUT2D eigenvalue weighted by atomic mass is 14.5. The van der Waals surface area contributed by atoms with Gasteiger partial charge in [0.15, 0.2) is 0 Å². The summed E-state index contributed by atoms with van der Waals surface area (Å²) in [6, 6.07) is 0. The smallest absolute Gasteiger partial charge is 0.0544 e. The summed E-state index contributed by atoms with van der Waals surface area (Å²) in [6.45, 7) is 0. The van der Waals surface area contributed by atoms with Gasteiger partial charge in [0.2, 0.25) is 0 Å². The summed E-state index contributed by atoms with van der Waals surface area (Å²) in [5.74, 6) is 2.82. The average molecular weight is 376 g/mol. The van der Waals surface area contributed by atoms with Crippen molar-refractivity contribution in [1.82, 2.24) is 0 Å². The van der Waals surface area contributed by atoms with Crippen molar-refractivity contribution in [2.75, 3.05) is 0 Å². The summed E-state index contributed by atoms with van der Waals surface area (Å²) >= 11 is 0. The zero-order chi connectivity index (χ0) is 20.7. The molecular formula is C20H27B10. The van der Waals surface area contributed by atoms with E-state index in [4.69, 9.17) is 7.74 Å². The molecule has 0 saturated heterocycles. The number of hydrogen-bond acceptors (Lipinski definition) is 0. The Morgan fingerprint density at radius 1 is 0.967 bits per heavy atom. The molecule has 0 spiro atoms. The van der Waals surface area contributed by atoms with Crippen LogP contribution in [0, 0.1) is 23.2 Å². The van der Waals surface area contributed by atoms with E-state index in [1.54, 1.807) is 11.1 Å². The molecule has 0 aromatic heterocycles. The first-order valence-electron chi connectivity index (χ1n) is 12.1. The van der Waals surface area contributed by atoms with Gasteiger partial charge in [-0.2, -0.15) is 0 Å². The summed E-state index contributed by atoms with van der Waals surface area (Å²) < 4.78 is 0. The molecule has 0 heterocycles. The molecule has 0 N–H and O–H groups in total. The normalized spacial score (nSPS) is 31.0. The van der Waals surface area contributed by atoms with Crippen LogP contribution in [0.4, 0.5) is 0 Å². The van der Waals surface area contributed by atoms with Gasteiger partial charge in [-0.25, -0.2) is 0 Å². The SMILES string of the molecule is [B][B][B][B][B][B][B][B][B][B]CCC[C@@]12C=CC=C1C1=CCC3CCCC[C@@H]3[C@H]1CC2. The van der Waals surface area contributed by atoms with Crippen LogP contribution in [0.2, 0.25) is 6.32 Å². The van der Waals surface area contributed by atoms with Crippen LogP contribution in [0.25, 0.3) is 0 Å². The van der Waals surface area contributed by atoms with Crippen LogP contribution in [-0.4, -0.2) is 71.4 Å². The van der Waals surface area contributed by atoms with Gasteiger partial charge in [-0.15, -0.1) is 0 Å². The zero-order valence-corrected chi connectivity index (χ0v) is 18.4. The third kappa shape index (κ3) is 5.43. The van der Waals surface area contributed by atoms with Crippen molar-refractivity contribution in [1.29, 1.82) is 0 Å². The van der Waals surface area contributed by atoms with Gasteiger partial charge in [-0.05, 0) is 67.4 Å². The first-order chi connectivity index (χ1) is 14.8. The molecule has 4 aliphatic rings. The average Bonchev–Trinajstić information content (AvgIpc) is 3.22. The number of fused-ring (bicyclic) bond motifs is 5. The van der Waals surface area contributed by atoms with Crippen LogP contribution in [0.15, 0.2) is 35.5 Å². The fourth-order valence-corrected chi connectivity index (χ4v) is 6.44. The van der Waals surface area contributed by atoms with E-state index in [1.807, 2.05) is 28.2 Å². The predicted molar refractivity (Wildman–Crippen MR) is 142 cm³/mol. The Kier molecular flexibility index (Phi) is 8.95. The molecule has 0 aliphatic heterocycles. The van der Waals surface area contributed by atoms with Crippen molar-refractivity contribution in [3.8, 4) is 0 Å². The third-order valence-electron chi connectivity index (χ3n) is 7.86. The van der Waals surface area contributed by atoms with E-state index in [2.05, 4.69) is 52.7 Å². The van der Waals surface area contributed by atoms with Gasteiger partial charge in [0, 0.05) is 69.6 Å². The lowest BCUT2D eigenvalue weighted by Gasteiger charge is -2.49. The minimum Gasteiger partial charge on any atom is -0.0895 e. The molecule has 30 heavy (non-hydrogen) atoms. The van der Waals surface area contributed by atoms with Crippen LogP contribution in [-0.2, 0) is 0 Å². The van der Waals surface area contributed by atoms with Crippen molar-refractivity contribution in [3.05, 3.63) is 35.5 Å². The molecule has 137 valence electrons. The van der Waals surface area contributed by atoms with Crippen LogP contribution in [0.3, 0.4) is 0 Å². The molecule has 4 rings (SSSR count). The highest BCUT2D eigenvalue weighted by Gasteiger charge is 2.46. The Balaban J connectivity index is 1.19. The zero-order valence-electron chi connectivity index (χ0n) is 18.4. The first kappa shape index (κ1) is 23.0. The Morgan fingerprint density at radius 2 is 1.77 bits per heavy atom. The summed E-state index contributed by atoms with van der Waals surface area (Å²) in [5, 5.41) is 0. The van der Waals surface area contributed by atoms with Crippen molar-refractivity contribution in [3.63, 3.8) is 0 Å². The van der Waals surface area contributed by atoms with Crippen molar-refractivity contribution >= 4 is 71.4 Å². The second-order valence-electron chi connectivity index (χ2n) is 9.51. The summed E-state index contributed by atoms with van der Waals surface area (Å²) in [5.41, 5.74) is 3.78. The molecule has 4 atom stereocenters. The van der Waals surface area contributed by atoms with E-state index in [0.717, 1.165) is 24.1 Å². The molecule has 2 fully saturated rings. The highest BCUT2D eigenvalue weighted by molar-refractivity contribution is 7.68. The number of rotatable bonds is 12. The van der Waals surface area contributed by atoms with Gasteiger partial charge in [0.1, 0.15) is 0 Å². The van der Waals surface area contributed by atoms with E-state index >= 15 is 0 Å². The highest BCUT2D eigenvalue weighted by Crippen LogP contribution is 2.58. The van der Waals surface area contributed by atoms with Gasteiger partial charge in [-0.3, -0.25) is 0 Å². The number of hydrogen-bond donors (Lipinski definition) is 0. The van der Waals surface area contributed by atoms with Crippen LogP contribution >= 0.6 is 0 Å². The maximum absolute atomic E-state index is 5.30. The van der Waals surface area contributed by atoms with Crippen molar-refractivity contribution < 1.29 is 0 Å². The molecule has 2 saturated carbocycles. The second-order valence-corrected chi connectivity index (χ2v) is 9.51. The van der Waals surface area contributed by atoms with Gasteiger partial charge in [0.05, 0.1) is 7.17 Å². The molecular weight excluding hydrogens is 348 g/mol. The molecule has 0 aromatic carbocycles. The maximum atomic E-state index is 5.30. The minimum atomic E-state index is 0.336. The fourth-order valence-electron chi connectivity index (χ4n) is 6.44. The molecule has 0 nitrogen and oxygen atoms in total. The molecule has 0 amide bonds. The predicted octanol–water partition coefficient (Wildman–Crippen LogP) is 1.96. The lowest BCUT2D eigenvalue weighted by molar-refractivity contribution is 0.139. The molecule has 0 aromatic rings. The standard InChI is InChI=1S/C20H27B10/c21-23-25-27-29-30-28-26-24-22-14-4-12-20-11-3-7-19(20)18-9-8-15-5-1-2-6-16(15)17(18)10-13-20/h3,7,9,11,15-17H,1-2,4-6,8,10,12-14H2/t15?,16-,17+,20+/m0/s1. The van der Waals surface area contributed by atoms with Crippen LogP contribution < -0.4 is 0 Å². The summed E-state index contributed by atoms with van der Waals surface area (Å²) in [4.78, 5) is 0. The molecule has 4 aliphatic carbocycles. The third-order valence-corrected chi connectivity index (χ3v) is 7.86. The second kappa shape index (κ2) is 11.7. The molecule has 10 heteroatoms. The van der Waals surface area contributed by atoms with E-state index < -0.39 is 0 Å². The van der Waals surface area contributed by atoms with Gasteiger partial charge in [-0.1, -0.05) is 49.9 Å². The Hall–Kier alpha value is -0.131. The first-order valence-corrected chi connectivity index (χ1v) is 12.1. The Morgan fingerprint density at radius 3 is 2.63 bits per heavy atom. The topological polar surface area (TPSA) is 0 Å². The quantitative estimate of drug-likeness (QED) is 0.361. The fraction of sp³-hybridized carbons (Fsp3) is 0.700. The van der Waals surface area contributed by atoms with Gasteiger partial charge >= 0.3 is 0 Å². The Labute approximate surface area is 193 Å². The summed E-state index contributed by atoms with van der Waals surface area (Å²) in [7, 11) is 23.2. The van der Waals surface area contributed by atoms with Crippen LogP contribution in [0.5, 0.6) is 0 Å². The summed E-state index contributed by atoms with van der Waals surface area (Å²) in [6.07, 6.45) is 23.7. The molecule has 11 radical (unpaired) electrons. The van der Waals surface area contributed by atoms with Crippen molar-refractivity contribution in [2.24, 2.45) is 23.2 Å². The van der Waals surface area contributed by atoms with Crippen molar-refractivity contribution in [2.45, 2.75) is 64.1 Å². The molecule has 0 bridgehead atoms. The monoisotopic (exact) mass is 377 g/mol. The van der Waals surface area contributed by atoms with E-state index in [0.29, 0.717) is 5.41 Å². The lowest BCUT2D eigenvalue weighted by atomic mass is 8.89. The van der Waals surface area contributed by atoms with Gasteiger partial charge in [0.25, 0.3) is 0 Å².